The molecular formula is C15H13BrF2O. The van der Waals surface area contributed by atoms with E-state index in [0.29, 0.717) is 16.7 Å². The van der Waals surface area contributed by atoms with Gasteiger partial charge in [-0.05, 0) is 47.9 Å². The lowest BCUT2D eigenvalue weighted by molar-refractivity contribution is 0.176. The summed E-state index contributed by atoms with van der Waals surface area (Å²) >= 11 is 3.26. The van der Waals surface area contributed by atoms with Crippen molar-refractivity contribution >= 4 is 15.9 Å². The summed E-state index contributed by atoms with van der Waals surface area (Å²) in [4.78, 5) is 0. The Labute approximate surface area is 119 Å². The van der Waals surface area contributed by atoms with Crippen LogP contribution in [0.1, 0.15) is 22.8 Å². The number of hydrogen-bond acceptors (Lipinski definition) is 1. The molecule has 2 aromatic rings. The number of aryl methyl sites for hydroxylation is 1. The minimum atomic E-state index is -0.932. The topological polar surface area (TPSA) is 20.2 Å². The SMILES string of the molecule is Cc1ccc(C(O)Cc2cc(Br)ccc2F)cc1F. The highest BCUT2D eigenvalue weighted by Crippen LogP contribution is 2.24. The molecule has 0 spiro atoms. The fourth-order valence-corrected chi connectivity index (χ4v) is 2.25. The molecule has 0 saturated heterocycles. The van der Waals surface area contributed by atoms with Gasteiger partial charge in [-0.1, -0.05) is 28.1 Å². The number of halogens is 3. The van der Waals surface area contributed by atoms with Gasteiger partial charge in [0.15, 0.2) is 0 Å². The predicted octanol–water partition coefficient (Wildman–Crippen LogP) is 4.31. The molecule has 0 radical (unpaired) electrons. The van der Waals surface area contributed by atoms with Crippen molar-refractivity contribution in [2.24, 2.45) is 0 Å². The Hall–Kier alpha value is -1.26. The lowest BCUT2D eigenvalue weighted by Gasteiger charge is -2.13. The van der Waals surface area contributed by atoms with E-state index in [9.17, 15) is 13.9 Å². The van der Waals surface area contributed by atoms with Crippen molar-refractivity contribution in [3.8, 4) is 0 Å². The third-order valence-electron chi connectivity index (χ3n) is 3.00. The Balaban J connectivity index is 2.22. The first-order valence-electron chi connectivity index (χ1n) is 5.85. The van der Waals surface area contributed by atoms with Crippen LogP contribution in [0.2, 0.25) is 0 Å². The molecule has 19 heavy (non-hydrogen) atoms. The van der Waals surface area contributed by atoms with E-state index in [1.54, 1.807) is 31.2 Å². The van der Waals surface area contributed by atoms with Gasteiger partial charge in [-0.3, -0.25) is 0 Å². The monoisotopic (exact) mass is 326 g/mol. The average Bonchev–Trinajstić information content (AvgIpc) is 2.37. The summed E-state index contributed by atoms with van der Waals surface area (Å²) in [5.41, 5.74) is 1.36. The molecule has 100 valence electrons. The fraction of sp³-hybridized carbons (Fsp3) is 0.200. The Bertz CT molecular complexity index is 599. The Kier molecular flexibility index (Phi) is 4.32. The smallest absolute Gasteiger partial charge is 0.126 e. The van der Waals surface area contributed by atoms with Crippen LogP contribution in [0.5, 0.6) is 0 Å². The van der Waals surface area contributed by atoms with Gasteiger partial charge in [-0.2, -0.15) is 0 Å². The van der Waals surface area contributed by atoms with E-state index in [1.807, 2.05) is 0 Å². The van der Waals surface area contributed by atoms with Crippen molar-refractivity contribution in [2.45, 2.75) is 19.4 Å². The van der Waals surface area contributed by atoms with Gasteiger partial charge < -0.3 is 5.11 Å². The normalized spacial score (nSPS) is 12.5. The Morgan fingerprint density at radius 1 is 1.11 bits per heavy atom. The van der Waals surface area contributed by atoms with Gasteiger partial charge >= 0.3 is 0 Å². The molecule has 4 heteroatoms. The summed E-state index contributed by atoms with van der Waals surface area (Å²) in [6.07, 6.45) is -0.827. The summed E-state index contributed by atoms with van der Waals surface area (Å²) in [7, 11) is 0. The predicted molar refractivity (Wildman–Crippen MR) is 73.9 cm³/mol. The standard InChI is InChI=1S/C15H13BrF2O/c1-9-2-3-10(7-14(9)18)15(19)8-11-6-12(16)4-5-13(11)17/h2-7,15,19H,8H2,1H3. The quantitative estimate of drug-likeness (QED) is 0.891. The first-order valence-corrected chi connectivity index (χ1v) is 6.64. The molecule has 1 unspecified atom stereocenters. The summed E-state index contributed by atoms with van der Waals surface area (Å²) in [6, 6.07) is 9.09. The number of aliphatic hydroxyl groups is 1. The minimum Gasteiger partial charge on any atom is -0.388 e. The molecule has 0 aliphatic rings. The van der Waals surface area contributed by atoms with Crippen LogP contribution in [0.15, 0.2) is 40.9 Å². The van der Waals surface area contributed by atoms with Crippen molar-refractivity contribution in [3.63, 3.8) is 0 Å². The number of benzene rings is 2. The van der Waals surface area contributed by atoms with E-state index in [1.165, 1.54) is 12.1 Å². The number of rotatable bonds is 3. The molecule has 0 aliphatic heterocycles. The van der Waals surface area contributed by atoms with Gasteiger partial charge in [-0.25, -0.2) is 8.78 Å². The van der Waals surface area contributed by atoms with E-state index in [2.05, 4.69) is 15.9 Å². The van der Waals surface area contributed by atoms with Crippen molar-refractivity contribution in [3.05, 3.63) is 69.2 Å². The molecule has 0 saturated carbocycles. The van der Waals surface area contributed by atoms with Crippen LogP contribution in [-0.2, 0) is 6.42 Å². The van der Waals surface area contributed by atoms with Gasteiger partial charge in [0, 0.05) is 10.9 Å². The zero-order chi connectivity index (χ0) is 14.0. The fourth-order valence-electron chi connectivity index (χ4n) is 1.84. The highest BCUT2D eigenvalue weighted by atomic mass is 79.9. The van der Waals surface area contributed by atoms with E-state index in [4.69, 9.17) is 0 Å². The van der Waals surface area contributed by atoms with Crippen LogP contribution in [0, 0.1) is 18.6 Å². The van der Waals surface area contributed by atoms with Crippen LogP contribution in [0.4, 0.5) is 8.78 Å². The van der Waals surface area contributed by atoms with Gasteiger partial charge in [0.25, 0.3) is 0 Å². The first kappa shape index (κ1) is 14.2. The average molecular weight is 327 g/mol. The highest BCUT2D eigenvalue weighted by molar-refractivity contribution is 9.10. The van der Waals surface area contributed by atoms with E-state index >= 15 is 0 Å². The molecule has 0 fully saturated rings. The van der Waals surface area contributed by atoms with Crippen molar-refractivity contribution in [1.29, 1.82) is 0 Å². The second kappa shape index (κ2) is 5.80. The summed E-state index contributed by atoms with van der Waals surface area (Å²) < 4.78 is 27.8. The molecule has 0 aliphatic carbocycles. The van der Waals surface area contributed by atoms with E-state index in [0.717, 1.165) is 4.47 Å². The zero-order valence-electron chi connectivity index (χ0n) is 10.3. The van der Waals surface area contributed by atoms with Crippen LogP contribution < -0.4 is 0 Å². The molecule has 1 atom stereocenters. The van der Waals surface area contributed by atoms with Crippen LogP contribution >= 0.6 is 15.9 Å². The number of aliphatic hydroxyl groups excluding tert-OH is 1. The van der Waals surface area contributed by atoms with Crippen LogP contribution in [0.3, 0.4) is 0 Å². The maximum Gasteiger partial charge on any atom is 0.126 e. The van der Waals surface area contributed by atoms with Crippen LogP contribution in [-0.4, -0.2) is 5.11 Å². The summed E-state index contributed by atoms with van der Waals surface area (Å²) in [5.74, 6) is -0.749. The molecule has 0 amide bonds. The zero-order valence-corrected chi connectivity index (χ0v) is 11.9. The van der Waals surface area contributed by atoms with Crippen molar-refractivity contribution < 1.29 is 13.9 Å². The van der Waals surface area contributed by atoms with E-state index in [-0.39, 0.29) is 18.1 Å². The van der Waals surface area contributed by atoms with Crippen molar-refractivity contribution in [1.82, 2.24) is 0 Å². The molecule has 2 aromatic carbocycles. The molecule has 0 bridgehead atoms. The lowest BCUT2D eigenvalue weighted by atomic mass is 10.00. The molecule has 0 heterocycles. The third kappa shape index (κ3) is 3.39. The lowest BCUT2D eigenvalue weighted by Crippen LogP contribution is -2.04. The van der Waals surface area contributed by atoms with Gasteiger partial charge in [-0.15, -0.1) is 0 Å². The number of hydrogen-bond donors (Lipinski definition) is 1. The maximum atomic E-state index is 13.6. The van der Waals surface area contributed by atoms with Crippen molar-refractivity contribution in [2.75, 3.05) is 0 Å². The minimum absolute atomic E-state index is 0.105. The third-order valence-corrected chi connectivity index (χ3v) is 3.49. The molecule has 0 aromatic heterocycles. The van der Waals surface area contributed by atoms with Gasteiger partial charge in [0.05, 0.1) is 6.10 Å². The van der Waals surface area contributed by atoms with Gasteiger partial charge in [0.2, 0.25) is 0 Å². The molecule has 1 nitrogen and oxygen atoms in total. The largest absolute Gasteiger partial charge is 0.388 e. The molecule has 2 rings (SSSR count). The second-order valence-corrected chi connectivity index (χ2v) is 5.38. The maximum absolute atomic E-state index is 13.6. The molecule has 1 N–H and O–H groups in total. The highest BCUT2D eigenvalue weighted by Gasteiger charge is 2.13. The summed E-state index contributed by atoms with van der Waals surface area (Å²) in [6.45, 7) is 1.65. The first-order chi connectivity index (χ1) is 8.97. The summed E-state index contributed by atoms with van der Waals surface area (Å²) in [5, 5.41) is 10.1. The van der Waals surface area contributed by atoms with E-state index < -0.39 is 6.10 Å². The molecular weight excluding hydrogens is 314 g/mol. The Morgan fingerprint density at radius 3 is 2.53 bits per heavy atom. The van der Waals surface area contributed by atoms with Crippen LogP contribution in [0.25, 0.3) is 0 Å². The Morgan fingerprint density at radius 2 is 1.84 bits per heavy atom. The second-order valence-electron chi connectivity index (χ2n) is 4.46. The van der Waals surface area contributed by atoms with Gasteiger partial charge in [0.1, 0.15) is 11.6 Å².